The molecule has 0 aliphatic carbocycles. The lowest BCUT2D eigenvalue weighted by molar-refractivity contribution is -0.139. The van der Waals surface area contributed by atoms with Crippen LogP contribution in [0, 0.1) is 0 Å². The maximum Gasteiger partial charge on any atom is 0.223 e. The van der Waals surface area contributed by atoms with E-state index >= 15 is 0 Å². The summed E-state index contributed by atoms with van der Waals surface area (Å²) in [6, 6.07) is 0.242. The maximum absolute atomic E-state index is 11.7. The van der Waals surface area contributed by atoms with Crippen LogP contribution in [-0.2, 0) is 9.53 Å². The van der Waals surface area contributed by atoms with Gasteiger partial charge >= 0.3 is 0 Å². The fraction of sp³-hybridized carbons (Fsp3) is 0.900. The Morgan fingerprint density at radius 2 is 2.43 bits per heavy atom. The number of carbonyl (C=O) groups excluding carboxylic acids is 1. The van der Waals surface area contributed by atoms with Crippen LogP contribution in [-0.4, -0.2) is 50.2 Å². The molecule has 4 heteroatoms. The number of rotatable bonds is 4. The van der Waals surface area contributed by atoms with Gasteiger partial charge < -0.3 is 15.0 Å². The predicted molar refractivity (Wildman–Crippen MR) is 55.2 cm³/mol. The summed E-state index contributed by atoms with van der Waals surface area (Å²) in [6.07, 6.45) is 1.56. The first-order valence-corrected chi connectivity index (χ1v) is 5.27. The third kappa shape index (κ3) is 3.27. The average Bonchev–Trinajstić information content (AvgIpc) is 2.18. The van der Waals surface area contributed by atoms with Gasteiger partial charge in [0.1, 0.15) is 0 Å². The number of nitrogens with zero attached hydrogens (tertiary/aromatic N) is 1. The lowest BCUT2D eigenvalue weighted by atomic mass is 10.2. The van der Waals surface area contributed by atoms with Crippen molar-refractivity contribution in [2.24, 2.45) is 0 Å². The van der Waals surface area contributed by atoms with Crippen LogP contribution in [0.5, 0.6) is 0 Å². The Hall–Kier alpha value is -0.610. The van der Waals surface area contributed by atoms with E-state index in [1.807, 2.05) is 18.9 Å². The molecule has 1 N–H and O–H groups in total. The second-order valence-corrected chi connectivity index (χ2v) is 3.72. The monoisotopic (exact) mass is 200 g/mol. The lowest BCUT2D eigenvalue weighted by Gasteiger charge is -2.33. The van der Waals surface area contributed by atoms with Crippen molar-refractivity contribution in [3.05, 3.63) is 0 Å². The third-order valence-electron chi connectivity index (χ3n) is 2.51. The molecule has 0 aromatic carbocycles. The molecule has 0 aromatic heterocycles. The molecule has 1 rings (SSSR count). The van der Waals surface area contributed by atoms with Gasteiger partial charge in [-0.05, 0) is 26.9 Å². The van der Waals surface area contributed by atoms with Crippen LogP contribution in [0.4, 0.5) is 0 Å². The van der Waals surface area contributed by atoms with E-state index in [9.17, 15) is 4.79 Å². The number of hydrogen-bond acceptors (Lipinski definition) is 3. The molecule has 0 bridgehead atoms. The van der Waals surface area contributed by atoms with Crippen molar-refractivity contribution >= 4 is 5.91 Å². The summed E-state index contributed by atoms with van der Waals surface area (Å²) in [5, 5.41) is 3.04. The smallest absolute Gasteiger partial charge is 0.223 e. The van der Waals surface area contributed by atoms with Gasteiger partial charge in [0.25, 0.3) is 0 Å². The molecule has 1 aliphatic heterocycles. The summed E-state index contributed by atoms with van der Waals surface area (Å²) in [5.74, 6) is 0.260. The summed E-state index contributed by atoms with van der Waals surface area (Å²) in [4.78, 5) is 13.7. The van der Waals surface area contributed by atoms with Gasteiger partial charge in [0, 0.05) is 13.0 Å². The van der Waals surface area contributed by atoms with Gasteiger partial charge in [-0.3, -0.25) is 4.79 Å². The summed E-state index contributed by atoms with van der Waals surface area (Å²) in [7, 11) is 1.90. The molecule has 1 saturated heterocycles. The van der Waals surface area contributed by atoms with Crippen molar-refractivity contribution in [3.63, 3.8) is 0 Å². The van der Waals surface area contributed by atoms with Crippen LogP contribution in [0.3, 0.4) is 0 Å². The quantitative estimate of drug-likeness (QED) is 0.661. The van der Waals surface area contributed by atoms with Crippen molar-refractivity contribution in [1.82, 2.24) is 10.2 Å². The number of amides is 1. The highest BCUT2D eigenvalue weighted by molar-refractivity contribution is 5.76. The Morgan fingerprint density at radius 1 is 1.64 bits per heavy atom. The van der Waals surface area contributed by atoms with E-state index < -0.39 is 0 Å². The summed E-state index contributed by atoms with van der Waals surface area (Å²) in [6.45, 7) is 5.05. The lowest BCUT2D eigenvalue weighted by Crippen LogP contribution is -2.47. The average molecular weight is 200 g/mol. The van der Waals surface area contributed by atoms with E-state index in [0.29, 0.717) is 19.6 Å². The van der Waals surface area contributed by atoms with Gasteiger partial charge in [-0.1, -0.05) is 0 Å². The van der Waals surface area contributed by atoms with Crippen molar-refractivity contribution < 1.29 is 9.53 Å². The molecule has 1 aliphatic rings. The first-order chi connectivity index (χ1) is 6.75. The van der Waals surface area contributed by atoms with Crippen molar-refractivity contribution in [3.8, 4) is 0 Å². The largest absolute Gasteiger partial charge is 0.377 e. The van der Waals surface area contributed by atoms with Gasteiger partial charge in [-0.25, -0.2) is 0 Å². The zero-order valence-corrected chi connectivity index (χ0v) is 9.08. The molecule has 4 nitrogen and oxygen atoms in total. The number of morpholine rings is 1. The van der Waals surface area contributed by atoms with Crippen LogP contribution in [0.2, 0.25) is 0 Å². The fourth-order valence-corrected chi connectivity index (χ4v) is 1.66. The Balaban J connectivity index is 2.27. The zero-order valence-electron chi connectivity index (χ0n) is 9.08. The minimum Gasteiger partial charge on any atom is -0.377 e. The molecule has 1 heterocycles. The SMILES string of the molecule is CNCCCC(=O)N1CCOC[C@H]1C. The van der Waals surface area contributed by atoms with E-state index in [2.05, 4.69) is 5.32 Å². The van der Waals surface area contributed by atoms with Crippen LogP contribution in [0.1, 0.15) is 19.8 Å². The normalized spacial score (nSPS) is 22.4. The van der Waals surface area contributed by atoms with Gasteiger partial charge in [0.2, 0.25) is 5.91 Å². The Bertz CT molecular complexity index is 185. The number of ether oxygens (including phenoxy) is 1. The Labute approximate surface area is 85.6 Å². The van der Waals surface area contributed by atoms with Crippen LogP contribution in [0.25, 0.3) is 0 Å². The zero-order chi connectivity index (χ0) is 10.4. The predicted octanol–water partition coefficient (Wildman–Crippen LogP) is 0.233. The molecular formula is C10H20N2O2. The third-order valence-corrected chi connectivity index (χ3v) is 2.51. The van der Waals surface area contributed by atoms with Crippen molar-refractivity contribution in [2.45, 2.75) is 25.8 Å². The summed E-state index contributed by atoms with van der Waals surface area (Å²) >= 11 is 0. The molecule has 0 unspecified atom stereocenters. The molecule has 0 saturated carbocycles. The van der Waals surface area contributed by atoms with E-state index in [4.69, 9.17) is 4.74 Å². The molecule has 82 valence electrons. The van der Waals surface area contributed by atoms with E-state index in [1.54, 1.807) is 0 Å². The van der Waals surface area contributed by atoms with E-state index in [-0.39, 0.29) is 11.9 Å². The van der Waals surface area contributed by atoms with Gasteiger partial charge in [0.05, 0.1) is 19.3 Å². The highest BCUT2D eigenvalue weighted by Crippen LogP contribution is 2.08. The second-order valence-electron chi connectivity index (χ2n) is 3.72. The number of nitrogens with one attached hydrogen (secondary N) is 1. The van der Waals surface area contributed by atoms with Gasteiger partial charge in [-0.2, -0.15) is 0 Å². The number of hydrogen-bond donors (Lipinski definition) is 1. The summed E-state index contributed by atoms with van der Waals surface area (Å²) < 4.78 is 5.28. The first kappa shape index (κ1) is 11.5. The van der Waals surface area contributed by atoms with Gasteiger partial charge in [0.15, 0.2) is 0 Å². The molecular weight excluding hydrogens is 180 g/mol. The van der Waals surface area contributed by atoms with E-state index in [1.165, 1.54) is 0 Å². The molecule has 1 fully saturated rings. The van der Waals surface area contributed by atoms with Crippen molar-refractivity contribution in [1.29, 1.82) is 0 Å². The molecule has 0 radical (unpaired) electrons. The molecule has 0 spiro atoms. The molecule has 0 aromatic rings. The summed E-state index contributed by atoms with van der Waals surface area (Å²) in [5.41, 5.74) is 0. The molecule has 1 atom stereocenters. The van der Waals surface area contributed by atoms with E-state index in [0.717, 1.165) is 19.5 Å². The Morgan fingerprint density at radius 3 is 3.07 bits per heavy atom. The molecule has 14 heavy (non-hydrogen) atoms. The van der Waals surface area contributed by atoms with Crippen LogP contribution in [0.15, 0.2) is 0 Å². The fourth-order valence-electron chi connectivity index (χ4n) is 1.66. The highest BCUT2D eigenvalue weighted by Gasteiger charge is 2.22. The first-order valence-electron chi connectivity index (χ1n) is 5.27. The molecule has 1 amide bonds. The standard InChI is InChI=1S/C10H20N2O2/c1-9-8-14-7-6-12(9)10(13)4-3-5-11-2/h9,11H,3-8H2,1-2H3/t9-/m1/s1. The maximum atomic E-state index is 11.7. The van der Waals surface area contributed by atoms with Crippen molar-refractivity contribution in [2.75, 3.05) is 33.4 Å². The van der Waals surface area contributed by atoms with Crippen LogP contribution >= 0.6 is 0 Å². The highest BCUT2D eigenvalue weighted by atomic mass is 16.5. The minimum absolute atomic E-state index is 0.242. The van der Waals surface area contributed by atoms with Crippen LogP contribution < -0.4 is 5.32 Å². The van der Waals surface area contributed by atoms with Gasteiger partial charge in [-0.15, -0.1) is 0 Å². The Kier molecular flexibility index (Phi) is 4.90. The second kappa shape index (κ2) is 5.98. The number of carbonyl (C=O) groups is 1. The minimum atomic E-state index is 0.242. The topological polar surface area (TPSA) is 41.6 Å².